The van der Waals surface area contributed by atoms with Crippen LogP contribution in [-0.4, -0.2) is 37.5 Å². The van der Waals surface area contributed by atoms with E-state index in [-0.39, 0.29) is 12.2 Å². The Bertz CT molecular complexity index is 267. The Hall–Kier alpha value is -1.79. The average Bonchev–Trinajstić information content (AvgIpc) is 2.39. The number of rotatable bonds is 3. The molecule has 1 rings (SSSR count). The summed E-state index contributed by atoms with van der Waals surface area (Å²) >= 11 is 0. The molecule has 0 aromatic carbocycles. The number of aromatic amines is 1. The number of H-pyrrole nitrogens is 1. The number of carbonyl (C=O) groups excluding carboxylic acids is 1. The predicted molar refractivity (Wildman–Crippen MR) is 30.5 cm³/mol. The second kappa shape index (κ2) is 2.86. The highest BCUT2D eigenvalue weighted by Crippen LogP contribution is 1.86. The highest BCUT2D eigenvalue weighted by molar-refractivity contribution is 6.33. The zero-order valence-electron chi connectivity index (χ0n) is 5.31. The normalized spacial score (nSPS) is 9.45. The number of aromatic nitrogens is 4. The van der Waals surface area contributed by atoms with E-state index in [1.807, 2.05) is 0 Å². The Morgan fingerprint density at radius 3 is 2.73 bits per heavy atom. The molecule has 1 aromatic heterocycles. The Morgan fingerprint density at radius 1 is 1.55 bits per heavy atom. The molecule has 0 atom stereocenters. The van der Waals surface area contributed by atoms with Crippen LogP contribution in [0.2, 0.25) is 0 Å². The molecular weight excluding hydrogens is 152 g/mol. The van der Waals surface area contributed by atoms with E-state index in [1.54, 1.807) is 0 Å². The van der Waals surface area contributed by atoms with Crippen molar-refractivity contribution in [2.45, 2.75) is 6.42 Å². The number of nitrogens with one attached hydrogen (secondary N) is 1. The maximum atomic E-state index is 10.5. The van der Waals surface area contributed by atoms with Crippen molar-refractivity contribution in [3.8, 4) is 0 Å². The van der Waals surface area contributed by atoms with Crippen molar-refractivity contribution in [2.24, 2.45) is 0 Å². The number of hydrogen-bond donors (Lipinski definition) is 2. The van der Waals surface area contributed by atoms with Crippen LogP contribution in [0.4, 0.5) is 0 Å². The van der Waals surface area contributed by atoms with Gasteiger partial charge in [-0.25, -0.2) is 4.79 Å². The van der Waals surface area contributed by atoms with Crippen molar-refractivity contribution < 1.29 is 14.7 Å². The summed E-state index contributed by atoms with van der Waals surface area (Å²) in [6, 6.07) is 0. The minimum Gasteiger partial charge on any atom is -0.475 e. The van der Waals surface area contributed by atoms with E-state index >= 15 is 0 Å². The number of carbonyl (C=O) groups is 2. The number of nitrogens with zero attached hydrogens (tertiary/aromatic N) is 3. The van der Waals surface area contributed by atoms with E-state index in [0.717, 1.165) is 0 Å². The number of hydrogen-bond acceptors (Lipinski definition) is 5. The van der Waals surface area contributed by atoms with Crippen LogP contribution in [0.1, 0.15) is 5.82 Å². The monoisotopic (exact) mass is 156 g/mol. The largest absolute Gasteiger partial charge is 0.475 e. The van der Waals surface area contributed by atoms with Gasteiger partial charge in [-0.2, -0.15) is 5.21 Å². The van der Waals surface area contributed by atoms with Gasteiger partial charge in [0.2, 0.25) is 5.78 Å². The van der Waals surface area contributed by atoms with Crippen molar-refractivity contribution in [1.82, 2.24) is 20.6 Å². The lowest BCUT2D eigenvalue weighted by molar-refractivity contribution is -0.148. The third-order valence-corrected chi connectivity index (χ3v) is 0.946. The van der Waals surface area contributed by atoms with Gasteiger partial charge in [-0.15, -0.1) is 10.2 Å². The van der Waals surface area contributed by atoms with E-state index in [9.17, 15) is 9.59 Å². The van der Waals surface area contributed by atoms with Crippen LogP contribution >= 0.6 is 0 Å². The molecule has 0 fully saturated rings. The summed E-state index contributed by atoms with van der Waals surface area (Å²) in [6.07, 6.45) is -0.328. The number of tetrazole rings is 1. The molecule has 0 aliphatic rings. The first-order valence-electron chi connectivity index (χ1n) is 2.68. The molecule has 0 spiro atoms. The van der Waals surface area contributed by atoms with E-state index in [2.05, 4.69) is 20.6 Å². The van der Waals surface area contributed by atoms with Gasteiger partial charge in [0, 0.05) is 0 Å². The Balaban J connectivity index is 2.57. The zero-order chi connectivity index (χ0) is 8.27. The fraction of sp³-hybridized carbons (Fsp3) is 0.250. The van der Waals surface area contributed by atoms with Gasteiger partial charge < -0.3 is 5.11 Å². The van der Waals surface area contributed by atoms with Crippen molar-refractivity contribution in [3.63, 3.8) is 0 Å². The molecule has 0 radical (unpaired) electrons. The number of ketones is 1. The lowest BCUT2D eigenvalue weighted by Crippen LogP contribution is -2.15. The molecule has 7 heteroatoms. The maximum absolute atomic E-state index is 10.5. The quantitative estimate of drug-likeness (QED) is 0.510. The van der Waals surface area contributed by atoms with Gasteiger partial charge >= 0.3 is 5.97 Å². The van der Waals surface area contributed by atoms with E-state index in [1.165, 1.54) is 0 Å². The number of Topliss-reactive ketones (excluding diaryl/α,β-unsaturated/α-hetero) is 1. The average molecular weight is 156 g/mol. The summed E-state index contributed by atoms with van der Waals surface area (Å²) in [5, 5.41) is 20.2. The highest BCUT2D eigenvalue weighted by Gasteiger charge is 2.14. The molecule has 0 saturated heterocycles. The highest BCUT2D eigenvalue weighted by atomic mass is 16.4. The number of carboxylic acids is 1. The van der Waals surface area contributed by atoms with Gasteiger partial charge in [-0.3, -0.25) is 4.79 Å². The fourth-order valence-corrected chi connectivity index (χ4v) is 0.477. The number of aliphatic carboxylic acids is 1. The van der Waals surface area contributed by atoms with E-state index < -0.39 is 11.8 Å². The van der Waals surface area contributed by atoms with Gasteiger partial charge in [0.25, 0.3) is 0 Å². The minimum absolute atomic E-state index is 0.0809. The smallest absolute Gasteiger partial charge is 0.372 e. The third-order valence-electron chi connectivity index (χ3n) is 0.946. The van der Waals surface area contributed by atoms with Crippen molar-refractivity contribution in [1.29, 1.82) is 0 Å². The fourth-order valence-electron chi connectivity index (χ4n) is 0.477. The predicted octanol–water partition coefficient (Wildman–Crippen LogP) is -1.60. The lowest BCUT2D eigenvalue weighted by atomic mass is 10.3. The van der Waals surface area contributed by atoms with Crippen LogP contribution < -0.4 is 0 Å². The Morgan fingerprint density at radius 2 is 2.27 bits per heavy atom. The molecule has 58 valence electrons. The zero-order valence-corrected chi connectivity index (χ0v) is 5.31. The van der Waals surface area contributed by atoms with Crippen LogP contribution in [-0.2, 0) is 16.0 Å². The lowest BCUT2D eigenvalue weighted by Gasteiger charge is -1.86. The summed E-state index contributed by atoms with van der Waals surface area (Å²) < 4.78 is 0. The Kier molecular flexibility index (Phi) is 1.90. The van der Waals surface area contributed by atoms with Gasteiger partial charge in [-0.05, 0) is 0 Å². The summed E-state index contributed by atoms with van der Waals surface area (Å²) in [7, 11) is 0. The maximum Gasteiger partial charge on any atom is 0.372 e. The molecule has 0 saturated carbocycles. The van der Waals surface area contributed by atoms with Gasteiger partial charge in [0.05, 0.1) is 6.42 Å². The molecule has 11 heavy (non-hydrogen) atoms. The molecule has 0 amide bonds. The van der Waals surface area contributed by atoms with Crippen LogP contribution in [0.3, 0.4) is 0 Å². The molecule has 7 nitrogen and oxygen atoms in total. The van der Waals surface area contributed by atoms with Crippen molar-refractivity contribution in [3.05, 3.63) is 5.82 Å². The van der Waals surface area contributed by atoms with Crippen LogP contribution in [0.5, 0.6) is 0 Å². The van der Waals surface area contributed by atoms with Gasteiger partial charge in [-0.1, -0.05) is 5.21 Å². The molecule has 0 bridgehead atoms. The summed E-state index contributed by atoms with van der Waals surface area (Å²) in [4.78, 5) is 20.5. The van der Waals surface area contributed by atoms with Crippen molar-refractivity contribution in [2.75, 3.05) is 0 Å². The number of carboxylic acid groups (broad SMARTS) is 1. The third kappa shape index (κ3) is 1.81. The second-order valence-corrected chi connectivity index (χ2v) is 1.73. The summed E-state index contributed by atoms with van der Waals surface area (Å²) in [5.74, 6) is -2.36. The topological polar surface area (TPSA) is 109 Å². The van der Waals surface area contributed by atoms with Gasteiger partial charge in [0.1, 0.15) is 0 Å². The standard InChI is InChI=1S/C4H4N4O3/c9-2(4(10)11)1-3-5-7-8-6-3/h1H2,(H,10,11)(H,5,6,7,8). The van der Waals surface area contributed by atoms with E-state index in [4.69, 9.17) is 5.11 Å². The minimum atomic E-state index is -1.49. The molecule has 0 aliphatic carbocycles. The molecular formula is C4H4N4O3. The molecule has 0 aliphatic heterocycles. The SMILES string of the molecule is O=C(O)C(=O)Cc1nn[nH]n1. The molecule has 0 unspecified atom stereocenters. The Labute approximate surface area is 60.4 Å². The first kappa shape index (κ1) is 7.32. The van der Waals surface area contributed by atoms with Crippen LogP contribution in [0, 0.1) is 0 Å². The summed E-state index contributed by atoms with van der Waals surface area (Å²) in [5.41, 5.74) is 0. The molecule has 1 aromatic rings. The van der Waals surface area contributed by atoms with Crippen LogP contribution in [0.25, 0.3) is 0 Å². The molecule has 2 N–H and O–H groups in total. The second-order valence-electron chi connectivity index (χ2n) is 1.73. The summed E-state index contributed by atoms with van der Waals surface area (Å²) in [6.45, 7) is 0. The first-order chi connectivity index (χ1) is 5.20. The van der Waals surface area contributed by atoms with Crippen LogP contribution in [0.15, 0.2) is 0 Å². The molecule has 1 heterocycles. The van der Waals surface area contributed by atoms with Gasteiger partial charge in [0.15, 0.2) is 5.82 Å². The van der Waals surface area contributed by atoms with E-state index in [0.29, 0.717) is 0 Å². The first-order valence-corrected chi connectivity index (χ1v) is 2.68. The van der Waals surface area contributed by atoms with Crippen molar-refractivity contribution >= 4 is 11.8 Å².